The lowest BCUT2D eigenvalue weighted by Crippen LogP contribution is -2.27. The van der Waals surface area contributed by atoms with Gasteiger partial charge in [0.25, 0.3) is 0 Å². The number of hydrogen-bond donors (Lipinski definition) is 1. The normalized spacial score (nSPS) is 23.9. The Morgan fingerprint density at radius 1 is 1.29 bits per heavy atom. The molecule has 1 aromatic carbocycles. The molecule has 0 saturated carbocycles. The summed E-state index contributed by atoms with van der Waals surface area (Å²) in [6.45, 7) is 2.12. The summed E-state index contributed by atoms with van der Waals surface area (Å²) in [6.07, 6.45) is 4.61. The van der Waals surface area contributed by atoms with Crippen LogP contribution in [0.1, 0.15) is 31.7 Å². The first-order valence-electron chi connectivity index (χ1n) is 5.88. The summed E-state index contributed by atoms with van der Waals surface area (Å²) >= 11 is 1.28. The molecule has 2 rings (SSSR count). The van der Waals surface area contributed by atoms with E-state index in [4.69, 9.17) is 0 Å². The fourth-order valence-electron chi connectivity index (χ4n) is 1.85. The number of aliphatic hydroxyl groups is 1. The van der Waals surface area contributed by atoms with Crippen molar-refractivity contribution in [3.05, 3.63) is 46.9 Å². The Labute approximate surface area is 106 Å². The van der Waals surface area contributed by atoms with Crippen molar-refractivity contribution in [1.82, 2.24) is 0 Å². The first kappa shape index (κ1) is 12.4. The summed E-state index contributed by atoms with van der Waals surface area (Å²) in [5.41, 5.74) is 0.665. The van der Waals surface area contributed by atoms with E-state index in [1.54, 1.807) is 18.2 Å². The van der Waals surface area contributed by atoms with Crippen molar-refractivity contribution in [3.8, 4) is 0 Å². The Bertz CT molecular complexity index is 439. The lowest BCUT2D eigenvalue weighted by Gasteiger charge is -2.20. The van der Waals surface area contributed by atoms with Crippen LogP contribution in [-0.4, -0.2) is 10.9 Å². The second kappa shape index (κ2) is 5.07. The van der Waals surface area contributed by atoms with Gasteiger partial charge in [0.1, 0.15) is 0 Å². The topological polar surface area (TPSA) is 37.3 Å². The summed E-state index contributed by atoms with van der Waals surface area (Å²) < 4.78 is 0. The van der Waals surface area contributed by atoms with Crippen molar-refractivity contribution in [1.29, 1.82) is 0 Å². The third-order valence-electron chi connectivity index (χ3n) is 2.85. The lowest BCUT2D eigenvalue weighted by molar-refractivity contribution is -0.124. The van der Waals surface area contributed by atoms with Gasteiger partial charge in [0.05, 0.1) is 0 Å². The first-order chi connectivity index (χ1) is 8.16. The molecule has 1 heterocycles. The van der Waals surface area contributed by atoms with Crippen molar-refractivity contribution in [3.63, 3.8) is 0 Å². The third kappa shape index (κ3) is 2.45. The van der Waals surface area contributed by atoms with E-state index in [0.29, 0.717) is 5.56 Å². The zero-order valence-electron chi connectivity index (χ0n) is 9.85. The highest BCUT2D eigenvalue weighted by Gasteiger charge is 2.42. The maximum atomic E-state index is 11.9. The van der Waals surface area contributed by atoms with Crippen LogP contribution in [0.15, 0.2) is 41.3 Å². The molecule has 0 saturated heterocycles. The van der Waals surface area contributed by atoms with Crippen molar-refractivity contribution in [2.24, 2.45) is 0 Å². The molecule has 0 aromatic heterocycles. The summed E-state index contributed by atoms with van der Waals surface area (Å²) in [7, 11) is 0. The molecule has 0 radical (unpaired) electrons. The molecule has 0 fully saturated rings. The van der Waals surface area contributed by atoms with Crippen molar-refractivity contribution in [2.75, 3.05) is 0 Å². The molecule has 90 valence electrons. The predicted molar refractivity (Wildman–Crippen MR) is 70.5 cm³/mol. The fourth-order valence-corrected chi connectivity index (χ4v) is 3.06. The molecular formula is C14H16O2S. The molecular weight excluding hydrogens is 232 g/mol. The Kier molecular flexibility index (Phi) is 3.69. The van der Waals surface area contributed by atoms with E-state index >= 15 is 0 Å². The number of carbonyl (C=O) groups excluding carboxylic acids is 1. The largest absolute Gasteiger partial charge is 0.368 e. The van der Waals surface area contributed by atoms with Gasteiger partial charge in [0.2, 0.25) is 10.7 Å². The molecule has 0 amide bonds. The number of rotatable bonds is 4. The summed E-state index contributed by atoms with van der Waals surface area (Å²) in [5, 5.41) is 10.5. The van der Waals surface area contributed by atoms with Crippen LogP contribution in [-0.2, 0) is 9.73 Å². The van der Waals surface area contributed by atoms with Crippen LogP contribution in [0.2, 0.25) is 0 Å². The van der Waals surface area contributed by atoms with Crippen molar-refractivity contribution >= 4 is 17.5 Å². The van der Waals surface area contributed by atoms with E-state index in [1.165, 1.54) is 11.8 Å². The second-order valence-electron chi connectivity index (χ2n) is 4.19. The standard InChI is InChI=1S/C14H16O2S/c1-2-3-9-12-10-13(15)14(16,17-12)11-7-5-4-6-8-11/h4-8,10,16H,2-3,9H2,1H3. The molecule has 1 atom stereocenters. The summed E-state index contributed by atoms with van der Waals surface area (Å²) in [6, 6.07) is 9.14. The van der Waals surface area contributed by atoms with Gasteiger partial charge in [-0.25, -0.2) is 0 Å². The molecule has 0 spiro atoms. The lowest BCUT2D eigenvalue weighted by atomic mass is 10.0. The summed E-state index contributed by atoms with van der Waals surface area (Å²) in [4.78, 5) is 11.5. The Morgan fingerprint density at radius 3 is 2.65 bits per heavy atom. The zero-order valence-corrected chi connectivity index (χ0v) is 10.7. The van der Waals surface area contributed by atoms with Gasteiger partial charge in [0.15, 0.2) is 0 Å². The van der Waals surface area contributed by atoms with Crippen LogP contribution in [0.5, 0.6) is 0 Å². The Hall–Kier alpha value is -1.06. The molecule has 0 bridgehead atoms. The van der Waals surface area contributed by atoms with E-state index in [1.807, 2.05) is 18.2 Å². The van der Waals surface area contributed by atoms with Gasteiger partial charge in [-0.3, -0.25) is 4.79 Å². The molecule has 1 aromatic rings. The van der Waals surface area contributed by atoms with Gasteiger partial charge >= 0.3 is 0 Å². The van der Waals surface area contributed by atoms with Gasteiger partial charge in [0, 0.05) is 5.56 Å². The van der Waals surface area contributed by atoms with Crippen LogP contribution in [0.25, 0.3) is 0 Å². The van der Waals surface area contributed by atoms with Crippen LogP contribution in [0, 0.1) is 0 Å². The average Bonchev–Trinajstić information content (AvgIpc) is 2.65. The molecule has 1 aliphatic rings. The Balaban J connectivity index is 2.17. The molecule has 0 aliphatic carbocycles. The monoisotopic (exact) mass is 248 g/mol. The fraction of sp³-hybridized carbons (Fsp3) is 0.357. The van der Waals surface area contributed by atoms with Gasteiger partial charge in [-0.15, -0.1) is 0 Å². The highest BCUT2D eigenvalue weighted by molar-refractivity contribution is 8.05. The van der Waals surface area contributed by atoms with Gasteiger partial charge in [-0.2, -0.15) is 0 Å². The smallest absolute Gasteiger partial charge is 0.203 e. The molecule has 1 unspecified atom stereocenters. The molecule has 2 nitrogen and oxygen atoms in total. The maximum Gasteiger partial charge on any atom is 0.203 e. The summed E-state index contributed by atoms with van der Waals surface area (Å²) in [5.74, 6) is -0.209. The average molecular weight is 248 g/mol. The van der Waals surface area contributed by atoms with Crippen LogP contribution in [0.4, 0.5) is 0 Å². The SMILES string of the molecule is CCCCC1=CC(=O)C(O)(c2ccccc2)S1. The van der Waals surface area contributed by atoms with E-state index in [-0.39, 0.29) is 5.78 Å². The van der Waals surface area contributed by atoms with E-state index in [9.17, 15) is 9.90 Å². The highest BCUT2D eigenvalue weighted by Crippen LogP contribution is 2.46. The minimum atomic E-state index is -1.40. The zero-order chi connectivity index (χ0) is 12.3. The van der Waals surface area contributed by atoms with Gasteiger partial charge in [-0.05, 0) is 23.8 Å². The highest BCUT2D eigenvalue weighted by atomic mass is 32.2. The van der Waals surface area contributed by atoms with Crippen LogP contribution >= 0.6 is 11.8 Å². The van der Waals surface area contributed by atoms with Gasteiger partial charge < -0.3 is 5.11 Å². The minimum Gasteiger partial charge on any atom is -0.368 e. The number of hydrogen-bond acceptors (Lipinski definition) is 3. The maximum absolute atomic E-state index is 11.9. The number of carbonyl (C=O) groups is 1. The van der Waals surface area contributed by atoms with Crippen molar-refractivity contribution < 1.29 is 9.90 Å². The van der Waals surface area contributed by atoms with E-state index in [0.717, 1.165) is 24.2 Å². The van der Waals surface area contributed by atoms with E-state index < -0.39 is 4.93 Å². The molecule has 1 aliphatic heterocycles. The first-order valence-corrected chi connectivity index (χ1v) is 6.70. The molecule has 1 N–H and O–H groups in total. The number of thioether (sulfide) groups is 1. The molecule has 17 heavy (non-hydrogen) atoms. The third-order valence-corrected chi connectivity index (χ3v) is 4.16. The van der Waals surface area contributed by atoms with E-state index in [2.05, 4.69) is 6.92 Å². The van der Waals surface area contributed by atoms with Crippen LogP contribution < -0.4 is 0 Å². The predicted octanol–water partition coefficient (Wildman–Crippen LogP) is 3.22. The quantitative estimate of drug-likeness (QED) is 0.889. The molecule has 3 heteroatoms. The number of benzene rings is 1. The second-order valence-corrected chi connectivity index (χ2v) is 5.51. The van der Waals surface area contributed by atoms with Crippen molar-refractivity contribution in [2.45, 2.75) is 31.1 Å². The van der Waals surface area contributed by atoms with Gasteiger partial charge in [-0.1, -0.05) is 55.4 Å². The minimum absolute atomic E-state index is 0.209. The number of ketones is 1. The van der Waals surface area contributed by atoms with Crippen LogP contribution in [0.3, 0.4) is 0 Å². The number of unbranched alkanes of at least 4 members (excludes halogenated alkanes) is 1. The Morgan fingerprint density at radius 2 is 2.00 bits per heavy atom. The number of allylic oxidation sites excluding steroid dienone is 1.